The van der Waals surface area contributed by atoms with E-state index in [-0.39, 0.29) is 17.3 Å². The van der Waals surface area contributed by atoms with Gasteiger partial charge in [0.25, 0.3) is 12.3 Å². The smallest absolute Gasteiger partial charge is 0.279 e. The van der Waals surface area contributed by atoms with Gasteiger partial charge in [-0.25, -0.2) is 8.78 Å². The van der Waals surface area contributed by atoms with Crippen molar-refractivity contribution in [1.82, 2.24) is 30.2 Å². The number of alkyl halides is 2. The van der Waals surface area contributed by atoms with Crippen molar-refractivity contribution in [2.24, 2.45) is 0 Å². The molecule has 1 N–H and O–H groups in total. The Bertz CT molecular complexity index is 703. The second-order valence-corrected chi connectivity index (χ2v) is 6.91. The van der Waals surface area contributed by atoms with Crippen LogP contribution in [0.2, 0.25) is 0 Å². The fourth-order valence-corrected chi connectivity index (χ4v) is 3.40. The molecule has 10 heteroatoms. The van der Waals surface area contributed by atoms with E-state index in [1.165, 1.54) is 0 Å². The van der Waals surface area contributed by atoms with Crippen LogP contribution in [0.25, 0.3) is 0 Å². The highest BCUT2D eigenvalue weighted by molar-refractivity contribution is 7.11. The summed E-state index contributed by atoms with van der Waals surface area (Å²) < 4.78 is 25.2. The number of carbonyl (C=O) groups excluding carboxylic acids is 1. The maximum Gasteiger partial charge on any atom is 0.279 e. The average Bonchev–Trinajstić information content (AvgIpc) is 3.12. The molecule has 0 unspecified atom stereocenters. The lowest BCUT2D eigenvalue weighted by Crippen LogP contribution is -2.35. The van der Waals surface area contributed by atoms with Crippen molar-refractivity contribution < 1.29 is 13.6 Å². The van der Waals surface area contributed by atoms with Crippen LogP contribution >= 0.6 is 11.3 Å². The molecular formula is C14H18F2N6OS. The zero-order chi connectivity index (χ0) is 17.1. The number of amides is 1. The number of aryl methyl sites for hydroxylation is 1. The van der Waals surface area contributed by atoms with Crippen molar-refractivity contribution in [2.45, 2.75) is 26.3 Å². The lowest BCUT2D eigenvalue weighted by Gasteiger charge is -2.20. The van der Waals surface area contributed by atoms with Crippen molar-refractivity contribution in [3.05, 3.63) is 27.5 Å². The van der Waals surface area contributed by atoms with Crippen LogP contribution in [-0.4, -0.2) is 62.3 Å². The molecule has 1 amide bonds. The van der Waals surface area contributed by atoms with Crippen LogP contribution in [0.3, 0.4) is 0 Å². The zero-order valence-corrected chi connectivity index (χ0v) is 14.0. The Morgan fingerprint density at radius 2 is 2.17 bits per heavy atom. The van der Waals surface area contributed by atoms with Gasteiger partial charge in [-0.2, -0.15) is 5.10 Å². The molecular weight excluding hydrogens is 338 g/mol. The fraction of sp³-hybridized carbons (Fsp3) is 0.571. The Kier molecular flexibility index (Phi) is 5.14. The summed E-state index contributed by atoms with van der Waals surface area (Å²) in [4.78, 5) is 16.3. The monoisotopic (exact) mass is 356 g/mol. The third kappa shape index (κ3) is 3.93. The van der Waals surface area contributed by atoms with E-state index in [4.69, 9.17) is 0 Å². The third-order valence-electron chi connectivity index (χ3n) is 3.85. The molecule has 0 aliphatic carbocycles. The molecule has 24 heavy (non-hydrogen) atoms. The van der Waals surface area contributed by atoms with Gasteiger partial charge in [0.2, 0.25) is 0 Å². The summed E-state index contributed by atoms with van der Waals surface area (Å²) >= 11 is 1.57. The summed E-state index contributed by atoms with van der Waals surface area (Å²) in [6, 6.07) is 1.12. The van der Waals surface area contributed by atoms with Gasteiger partial charge < -0.3 is 4.90 Å². The summed E-state index contributed by atoms with van der Waals surface area (Å²) in [5.41, 5.74) is -0.292. The summed E-state index contributed by atoms with van der Waals surface area (Å²) in [5.74, 6) is -0.313. The largest absolute Gasteiger partial charge is 0.336 e. The molecule has 1 saturated heterocycles. The molecule has 1 aliphatic heterocycles. The van der Waals surface area contributed by atoms with Crippen LogP contribution in [-0.2, 0) is 6.54 Å². The number of aromatic amines is 1. The first-order valence-electron chi connectivity index (χ1n) is 7.67. The van der Waals surface area contributed by atoms with Gasteiger partial charge >= 0.3 is 0 Å². The number of hydrogen-bond donors (Lipinski definition) is 1. The molecule has 2 aromatic heterocycles. The first kappa shape index (κ1) is 16.9. The minimum Gasteiger partial charge on any atom is -0.336 e. The Balaban J connectivity index is 1.59. The van der Waals surface area contributed by atoms with Gasteiger partial charge in [0.1, 0.15) is 15.7 Å². The standard InChI is InChI=1S/C14H18F2N6OS/c1-9-17-20-12(24-9)8-21-3-2-4-22(6-5-21)14(23)11-7-10(13(15)16)18-19-11/h7,13H,2-6,8H2,1H3,(H,18,19). The molecule has 0 aromatic carbocycles. The molecule has 130 valence electrons. The molecule has 0 saturated carbocycles. The van der Waals surface area contributed by atoms with Crippen LogP contribution in [0.1, 0.15) is 39.0 Å². The van der Waals surface area contributed by atoms with Crippen LogP contribution < -0.4 is 0 Å². The highest BCUT2D eigenvalue weighted by Gasteiger charge is 2.24. The SMILES string of the molecule is Cc1nnc(CN2CCCN(C(=O)c3cc(C(F)F)[nH]n3)CC2)s1. The van der Waals surface area contributed by atoms with E-state index in [2.05, 4.69) is 25.3 Å². The lowest BCUT2D eigenvalue weighted by molar-refractivity contribution is 0.0755. The summed E-state index contributed by atoms with van der Waals surface area (Å²) in [7, 11) is 0. The van der Waals surface area contributed by atoms with E-state index in [1.54, 1.807) is 16.2 Å². The molecule has 3 rings (SSSR count). The van der Waals surface area contributed by atoms with Crippen LogP contribution in [0.4, 0.5) is 8.78 Å². The topological polar surface area (TPSA) is 78.0 Å². The number of H-pyrrole nitrogens is 1. The number of hydrogen-bond acceptors (Lipinski definition) is 6. The molecule has 2 aromatic rings. The van der Waals surface area contributed by atoms with Crippen LogP contribution in [0.5, 0.6) is 0 Å². The molecule has 7 nitrogen and oxygen atoms in total. The normalized spacial score (nSPS) is 16.6. The van der Waals surface area contributed by atoms with E-state index in [0.29, 0.717) is 26.2 Å². The first-order valence-corrected chi connectivity index (χ1v) is 8.48. The average molecular weight is 356 g/mol. The Hall–Kier alpha value is -1.94. The summed E-state index contributed by atoms with van der Waals surface area (Å²) in [5, 5.41) is 15.9. The van der Waals surface area contributed by atoms with Crippen molar-refractivity contribution in [1.29, 1.82) is 0 Å². The van der Waals surface area contributed by atoms with Crippen molar-refractivity contribution in [2.75, 3.05) is 26.2 Å². The minimum atomic E-state index is -2.66. The molecule has 0 radical (unpaired) electrons. The second-order valence-electron chi connectivity index (χ2n) is 5.65. The number of aromatic nitrogens is 4. The molecule has 1 aliphatic rings. The van der Waals surface area contributed by atoms with E-state index < -0.39 is 6.43 Å². The van der Waals surface area contributed by atoms with Gasteiger partial charge in [0.15, 0.2) is 5.69 Å². The Morgan fingerprint density at radius 1 is 1.33 bits per heavy atom. The van der Waals surface area contributed by atoms with Crippen molar-refractivity contribution >= 4 is 17.2 Å². The van der Waals surface area contributed by atoms with Gasteiger partial charge in [-0.15, -0.1) is 21.5 Å². The van der Waals surface area contributed by atoms with Crippen LogP contribution in [0, 0.1) is 6.92 Å². The number of carbonyl (C=O) groups is 1. The lowest BCUT2D eigenvalue weighted by atomic mass is 10.3. The number of nitrogens with zero attached hydrogens (tertiary/aromatic N) is 5. The van der Waals surface area contributed by atoms with Gasteiger partial charge in [0, 0.05) is 26.2 Å². The van der Waals surface area contributed by atoms with E-state index in [0.717, 1.165) is 29.0 Å². The maximum atomic E-state index is 12.6. The van der Waals surface area contributed by atoms with Gasteiger partial charge in [-0.1, -0.05) is 0 Å². The van der Waals surface area contributed by atoms with Gasteiger partial charge in [-0.05, 0) is 19.4 Å². The van der Waals surface area contributed by atoms with E-state index >= 15 is 0 Å². The fourth-order valence-electron chi connectivity index (χ4n) is 2.64. The van der Waals surface area contributed by atoms with Gasteiger partial charge in [0.05, 0.1) is 6.54 Å². The number of nitrogens with one attached hydrogen (secondary N) is 1. The predicted octanol–water partition coefficient (Wildman–Crippen LogP) is 1.86. The van der Waals surface area contributed by atoms with E-state index in [9.17, 15) is 13.6 Å². The quantitative estimate of drug-likeness (QED) is 0.905. The third-order valence-corrected chi connectivity index (χ3v) is 4.68. The summed E-state index contributed by atoms with van der Waals surface area (Å²) in [6.07, 6.45) is -1.84. The van der Waals surface area contributed by atoms with Crippen molar-refractivity contribution in [3.63, 3.8) is 0 Å². The van der Waals surface area contributed by atoms with E-state index in [1.807, 2.05) is 6.92 Å². The predicted molar refractivity (Wildman–Crippen MR) is 84.0 cm³/mol. The molecule has 0 bridgehead atoms. The molecule has 3 heterocycles. The Labute approximate surface area is 141 Å². The molecule has 0 spiro atoms. The molecule has 0 atom stereocenters. The number of halogens is 2. The highest BCUT2D eigenvalue weighted by Crippen LogP contribution is 2.18. The zero-order valence-electron chi connectivity index (χ0n) is 13.2. The number of rotatable bonds is 4. The molecule has 1 fully saturated rings. The highest BCUT2D eigenvalue weighted by atomic mass is 32.1. The first-order chi connectivity index (χ1) is 11.5. The van der Waals surface area contributed by atoms with Gasteiger partial charge in [-0.3, -0.25) is 14.8 Å². The summed E-state index contributed by atoms with van der Waals surface area (Å²) in [6.45, 7) is 5.31. The second kappa shape index (κ2) is 7.31. The van der Waals surface area contributed by atoms with Crippen LogP contribution in [0.15, 0.2) is 6.07 Å². The van der Waals surface area contributed by atoms with Crippen molar-refractivity contribution in [3.8, 4) is 0 Å². The Morgan fingerprint density at radius 3 is 2.83 bits per heavy atom. The maximum absolute atomic E-state index is 12.6. The minimum absolute atomic E-state index is 0.0403.